The predicted molar refractivity (Wildman–Crippen MR) is 77.6 cm³/mol. The first-order valence-corrected chi connectivity index (χ1v) is 8.30. The molecule has 0 amide bonds. The largest absolute Gasteiger partial charge is 0.478 e. The highest BCUT2D eigenvalue weighted by Gasteiger charge is 2.33. The maximum Gasteiger partial charge on any atom is 0.336 e. The number of carboxylic acid groups (broad SMARTS) is 1. The van der Waals surface area contributed by atoms with Gasteiger partial charge in [-0.15, -0.1) is 0 Å². The van der Waals surface area contributed by atoms with E-state index in [1.165, 1.54) is 19.1 Å². The third-order valence-corrected chi connectivity index (χ3v) is 5.66. The number of morpholine rings is 1. The molecule has 122 valence electrons. The summed E-state index contributed by atoms with van der Waals surface area (Å²) in [6.07, 6.45) is -0.818. The summed E-state index contributed by atoms with van der Waals surface area (Å²) in [5, 5.41) is 9.15. The topological polar surface area (TPSA) is 83.9 Å². The minimum Gasteiger partial charge on any atom is -0.478 e. The molecule has 1 unspecified atom stereocenters. The molecule has 1 fully saturated rings. The lowest BCUT2D eigenvalue weighted by atomic mass is 10.1. The second-order valence-electron chi connectivity index (χ2n) is 4.89. The second-order valence-corrected chi connectivity index (χ2v) is 7.23. The summed E-state index contributed by atoms with van der Waals surface area (Å²) < 4.78 is 44.3. The van der Waals surface area contributed by atoms with E-state index in [9.17, 15) is 17.6 Å². The van der Waals surface area contributed by atoms with Crippen LogP contribution in [0.4, 0.5) is 4.39 Å². The first-order chi connectivity index (χ1) is 10.3. The summed E-state index contributed by atoms with van der Waals surface area (Å²) in [5.74, 6) is -1.26. The van der Waals surface area contributed by atoms with Crippen LogP contribution in [-0.4, -0.2) is 56.3 Å². The van der Waals surface area contributed by atoms with Crippen molar-refractivity contribution in [2.45, 2.75) is 17.9 Å². The highest BCUT2D eigenvalue weighted by Crippen LogP contribution is 2.28. The highest BCUT2D eigenvalue weighted by molar-refractivity contribution is 7.89. The van der Waals surface area contributed by atoms with Crippen molar-refractivity contribution in [3.8, 4) is 0 Å². The molecule has 22 heavy (non-hydrogen) atoms. The Bertz CT molecular complexity index is 694. The van der Waals surface area contributed by atoms with Crippen LogP contribution >= 0.6 is 11.6 Å². The van der Waals surface area contributed by atoms with Crippen molar-refractivity contribution in [2.24, 2.45) is 0 Å². The average molecular weight is 352 g/mol. The van der Waals surface area contributed by atoms with Crippen LogP contribution in [0, 0.1) is 6.92 Å². The van der Waals surface area contributed by atoms with Gasteiger partial charge < -0.3 is 9.84 Å². The summed E-state index contributed by atoms with van der Waals surface area (Å²) in [5.41, 5.74) is -0.0819. The van der Waals surface area contributed by atoms with E-state index in [1.807, 2.05) is 0 Å². The minimum atomic E-state index is -3.98. The number of nitrogens with zero attached hydrogens (tertiary/aromatic N) is 1. The van der Waals surface area contributed by atoms with E-state index in [0.717, 1.165) is 4.31 Å². The van der Waals surface area contributed by atoms with E-state index in [2.05, 4.69) is 0 Å². The van der Waals surface area contributed by atoms with E-state index in [4.69, 9.17) is 21.4 Å². The quantitative estimate of drug-likeness (QED) is 0.892. The number of carboxylic acids is 1. The Kier molecular flexibility index (Phi) is 5.06. The molecule has 1 saturated heterocycles. The molecule has 1 heterocycles. The molecule has 0 aromatic heterocycles. The summed E-state index contributed by atoms with van der Waals surface area (Å²) in [4.78, 5) is 11.0. The number of aromatic carboxylic acids is 1. The SMILES string of the molecule is Cc1c(C(=O)O)cc(Cl)cc1S(=O)(=O)N1CCOC(CF)C1. The lowest BCUT2D eigenvalue weighted by Gasteiger charge is -2.31. The molecule has 0 radical (unpaired) electrons. The maximum absolute atomic E-state index is 12.7. The summed E-state index contributed by atoms with van der Waals surface area (Å²) in [6.45, 7) is 0.653. The van der Waals surface area contributed by atoms with Gasteiger partial charge in [0.25, 0.3) is 0 Å². The standard InChI is InChI=1S/C13H15ClFNO5S/c1-8-11(13(17)18)4-9(14)5-12(8)22(19,20)16-2-3-21-10(6-15)7-16/h4-5,10H,2-3,6-7H2,1H3,(H,17,18). The van der Waals surface area contributed by atoms with Gasteiger partial charge in [-0.2, -0.15) is 4.31 Å². The molecule has 0 saturated carbocycles. The molecule has 1 aliphatic heterocycles. The van der Waals surface area contributed by atoms with Gasteiger partial charge in [-0.05, 0) is 24.6 Å². The van der Waals surface area contributed by atoms with Crippen LogP contribution in [0.25, 0.3) is 0 Å². The zero-order chi connectivity index (χ0) is 16.5. The number of carbonyl (C=O) groups is 1. The van der Waals surface area contributed by atoms with E-state index in [1.54, 1.807) is 0 Å². The van der Waals surface area contributed by atoms with Crippen molar-refractivity contribution in [1.82, 2.24) is 4.31 Å². The van der Waals surface area contributed by atoms with Gasteiger partial charge >= 0.3 is 5.97 Å². The third-order valence-electron chi connectivity index (χ3n) is 3.45. The average Bonchev–Trinajstić information content (AvgIpc) is 2.48. The van der Waals surface area contributed by atoms with Crippen molar-refractivity contribution in [1.29, 1.82) is 0 Å². The normalized spacial score (nSPS) is 20.0. The molecule has 0 spiro atoms. The fourth-order valence-corrected chi connectivity index (χ4v) is 4.30. The first-order valence-electron chi connectivity index (χ1n) is 6.48. The van der Waals surface area contributed by atoms with Crippen molar-refractivity contribution in [3.63, 3.8) is 0 Å². The van der Waals surface area contributed by atoms with Gasteiger partial charge in [-0.25, -0.2) is 17.6 Å². The number of hydrogen-bond donors (Lipinski definition) is 1. The Morgan fingerprint density at radius 1 is 1.55 bits per heavy atom. The van der Waals surface area contributed by atoms with Crippen molar-refractivity contribution in [2.75, 3.05) is 26.4 Å². The highest BCUT2D eigenvalue weighted by atomic mass is 35.5. The smallest absolute Gasteiger partial charge is 0.336 e. The van der Waals surface area contributed by atoms with Crippen LogP contribution in [0.1, 0.15) is 15.9 Å². The van der Waals surface area contributed by atoms with Gasteiger partial charge in [0, 0.05) is 18.1 Å². The molecule has 0 bridgehead atoms. The van der Waals surface area contributed by atoms with Crippen LogP contribution in [0.15, 0.2) is 17.0 Å². The molecule has 6 nitrogen and oxygen atoms in total. The predicted octanol–water partition coefficient (Wildman–Crippen LogP) is 1.71. The van der Waals surface area contributed by atoms with Crippen LogP contribution in [-0.2, 0) is 14.8 Å². The van der Waals surface area contributed by atoms with Gasteiger partial charge in [0.2, 0.25) is 10.0 Å². The van der Waals surface area contributed by atoms with Crippen molar-refractivity contribution >= 4 is 27.6 Å². The molecule has 0 aliphatic carbocycles. The fraction of sp³-hybridized carbons (Fsp3) is 0.462. The lowest BCUT2D eigenvalue weighted by Crippen LogP contribution is -2.46. The number of ether oxygens (including phenoxy) is 1. The molecule has 1 aromatic rings. The van der Waals surface area contributed by atoms with Crippen LogP contribution in [0.5, 0.6) is 0 Å². The number of hydrogen-bond acceptors (Lipinski definition) is 4. The van der Waals surface area contributed by atoms with Crippen LogP contribution in [0.3, 0.4) is 0 Å². The molecular formula is C13H15ClFNO5S. The number of benzene rings is 1. The first kappa shape index (κ1) is 17.1. The van der Waals surface area contributed by atoms with E-state index in [-0.39, 0.29) is 40.7 Å². The lowest BCUT2D eigenvalue weighted by molar-refractivity contribution is -0.0136. The Morgan fingerprint density at radius 3 is 2.82 bits per heavy atom. The molecular weight excluding hydrogens is 337 g/mol. The monoisotopic (exact) mass is 351 g/mol. The number of alkyl halides is 1. The Labute approximate surface area is 132 Å². The summed E-state index contributed by atoms with van der Waals surface area (Å²) in [7, 11) is -3.98. The molecule has 1 atom stereocenters. The van der Waals surface area contributed by atoms with Gasteiger partial charge in [0.05, 0.1) is 23.2 Å². The molecule has 1 aliphatic rings. The Balaban J connectivity index is 2.47. The Morgan fingerprint density at radius 2 is 2.23 bits per heavy atom. The van der Waals surface area contributed by atoms with Gasteiger partial charge in [-0.3, -0.25) is 0 Å². The van der Waals surface area contributed by atoms with Gasteiger partial charge in [-0.1, -0.05) is 11.6 Å². The zero-order valence-corrected chi connectivity index (χ0v) is 13.3. The summed E-state index contributed by atoms with van der Waals surface area (Å²) >= 11 is 5.84. The molecule has 9 heteroatoms. The van der Waals surface area contributed by atoms with Crippen molar-refractivity contribution in [3.05, 3.63) is 28.3 Å². The third kappa shape index (κ3) is 3.24. The minimum absolute atomic E-state index is 0.0110. The van der Waals surface area contributed by atoms with E-state index in [0.29, 0.717) is 0 Å². The van der Waals surface area contributed by atoms with Crippen molar-refractivity contribution < 1.29 is 27.4 Å². The molecule has 1 N–H and O–H groups in total. The Hall–Kier alpha value is -1.22. The van der Waals surface area contributed by atoms with E-state index >= 15 is 0 Å². The molecule has 1 aromatic carbocycles. The zero-order valence-electron chi connectivity index (χ0n) is 11.8. The molecule has 2 rings (SSSR count). The van der Waals surface area contributed by atoms with Gasteiger partial charge in [0.1, 0.15) is 6.67 Å². The number of halogens is 2. The van der Waals surface area contributed by atoms with Crippen LogP contribution in [0.2, 0.25) is 5.02 Å². The summed E-state index contributed by atoms with van der Waals surface area (Å²) in [6, 6.07) is 2.40. The van der Waals surface area contributed by atoms with Gasteiger partial charge in [0.15, 0.2) is 0 Å². The second kappa shape index (κ2) is 6.49. The van der Waals surface area contributed by atoms with Crippen LogP contribution < -0.4 is 0 Å². The fourth-order valence-electron chi connectivity index (χ4n) is 2.29. The van der Waals surface area contributed by atoms with E-state index < -0.39 is 28.8 Å². The maximum atomic E-state index is 12.7. The number of rotatable bonds is 4. The number of sulfonamides is 1.